The van der Waals surface area contributed by atoms with Crippen LogP contribution < -0.4 is 5.32 Å². The van der Waals surface area contributed by atoms with Crippen LogP contribution in [0.1, 0.15) is 13.3 Å². The van der Waals surface area contributed by atoms with Crippen LogP contribution >= 0.6 is 0 Å². The van der Waals surface area contributed by atoms with Gasteiger partial charge >= 0.3 is 5.97 Å². The third-order valence-corrected chi connectivity index (χ3v) is 3.96. The summed E-state index contributed by atoms with van der Waals surface area (Å²) in [6.07, 6.45) is -0.240. The molecular formula is C8H15NO5S. The Morgan fingerprint density at radius 1 is 1.40 bits per heavy atom. The van der Waals surface area contributed by atoms with E-state index in [0.717, 1.165) is 0 Å². The number of amides is 1. The zero-order chi connectivity index (χ0) is 12.1. The molecular weight excluding hydrogens is 222 g/mol. The fourth-order valence-electron chi connectivity index (χ4n) is 0.842. The Kier molecular flexibility index (Phi) is 5.27. The average molecular weight is 237 g/mol. The third-order valence-electron chi connectivity index (χ3n) is 1.91. The van der Waals surface area contributed by atoms with Crippen LogP contribution in [0.3, 0.4) is 0 Å². The number of carbonyl (C=O) groups excluding carboxylic acids is 2. The van der Waals surface area contributed by atoms with E-state index in [-0.39, 0.29) is 6.42 Å². The van der Waals surface area contributed by atoms with Crippen LogP contribution in [-0.2, 0) is 24.2 Å². The Balaban J connectivity index is 4.46. The molecule has 0 aliphatic rings. The summed E-state index contributed by atoms with van der Waals surface area (Å²) in [5.41, 5.74) is 0. The van der Waals surface area contributed by atoms with Gasteiger partial charge in [0.2, 0.25) is 5.91 Å². The molecule has 0 bridgehead atoms. The maximum atomic E-state index is 11.5. The Labute approximate surface area is 88.9 Å². The predicted octanol–water partition coefficient (Wildman–Crippen LogP) is -0.901. The van der Waals surface area contributed by atoms with Gasteiger partial charge in [-0.3, -0.25) is 9.59 Å². The molecule has 0 spiro atoms. The van der Waals surface area contributed by atoms with Gasteiger partial charge in [0, 0.05) is 7.05 Å². The molecule has 7 heteroatoms. The minimum Gasteiger partial charge on any atom is -0.469 e. The van der Waals surface area contributed by atoms with Crippen molar-refractivity contribution in [3.63, 3.8) is 0 Å². The zero-order valence-corrected chi connectivity index (χ0v) is 9.76. The second kappa shape index (κ2) is 5.69. The van der Waals surface area contributed by atoms with E-state index in [0.29, 0.717) is 0 Å². The van der Waals surface area contributed by atoms with Crippen molar-refractivity contribution in [3.8, 4) is 0 Å². The van der Waals surface area contributed by atoms with E-state index >= 15 is 0 Å². The number of nitrogens with one attached hydrogen (secondary N) is 1. The van der Waals surface area contributed by atoms with Crippen LogP contribution in [0.5, 0.6) is 0 Å². The normalized spacial score (nSPS) is 13.0. The minimum absolute atomic E-state index is 0.240. The number of esters is 1. The van der Waals surface area contributed by atoms with Gasteiger partial charge in [0.25, 0.3) is 0 Å². The van der Waals surface area contributed by atoms with Gasteiger partial charge in [0.05, 0.1) is 18.8 Å². The first kappa shape index (κ1) is 13.9. The molecule has 6 nitrogen and oxygen atoms in total. The highest BCUT2D eigenvalue weighted by molar-refractivity contribution is 7.92. The lowest BCUT2D eigenvalue weighted by molar-refractivity contribution is -0.140. The van der Waals surface area contributed by atoms with Crippen LogP contribution in [0, 0.1) is 0 Å². The maximum absolute atomic E-state index is 11.5. The van der Waals surface area contributed by atoms with Gasteiger partial charge in [-0.25, -0.2) is 8.42 Å². The number of carbonyl (C=O) groups is 2. The summed E-state index contributed by atoms with van der Waals surface area (Å²) in [5, 5.41) is 1.29. The molecule has 0 rings (SSSR count). The summed E-state index contributed by atoms with van der Waals surface area (Å²) in [6.45, 7) is 1.37. The molecule has 88 valence electrons. The summed E-state index contributed by atoms with van der Waals surface area (Å²) in [7, 11) is -1.06. The van der Waals surface area contributed by atoms with Gasteiger partial charge in [0.1, 0.15) is 5.75 Å². The van der Waals surface area contributed by atoms with Gasteiger partial charge in [-0.15, -0.1) is 0 Å². The van der Waals surface area contributed by atoms with Crippen molar-refractivity contribution in [3.05, 3.63) is 0 Å². The number of hydrogen-bond donors (Lipinski definition) is 1. The van der Waals surface area contributed by atoms with Gasteiger partial charge in [-0.1, -0.05) is 0 Å². The summed E-state index contributed by atoms with van der Waals surface area (Å²) in [4.78, 5) is 21.7. The quantitative estimate of drug-likeness (QED) is 0.626. The summed E-state index contributed by atoms with van der Waals surface area (Å²) < 4.78 is 27.3. The van der Waals surface area contributed by atoms with Crippen LogP contribution in [0.15, 0.2) is 0 Å². The van der Waals surface area contributed by atoms with Crippen molar-refractivity contribution in [1.29, 1.82) is 0 Å². The van der Waals surface area contributed by atoms with Crippen LogP contribution in [0.2, 0.25) is 0 Å². The lowest BCUT2D eigenvalue weighted by atomic mass is 10.3. The molecule has 0 aromatic carbocycles. The van der Waals surface area contributed by atoms with Crippen LogP contribution in [0.25, 0.3) is 0 Å². The Morgan fingerprint density at radius 2 is 1.93 bits per heavy atom. The van der Waals surface area contributed by atoms with Crippen molar-refractivity contribution in [2.45, 2.75) is 18.6 Å². The van der Waals surface area contributed by atoms with Crippen molar-refractivity contribution >= 4 is 21.7 Å². The fraction of sp³-hybridized carbons (Fsp3) is 0.750. The van der Waals surface area contributed by atoms with Crippen LogP contribution in [0.4, 0.5) is 0 Å². The first-order chi connectivity index (χ1) is 6.83. The largest absolute Gasteiger partial charge is 0.469 e. The van der Waals surface area contributed by atoms with Crippen molar-refractivity contribution < 1.29 is 22.7 Å². The van der Waals surface area contributed by atoms with E-state index < -0.39 is 32.7 Å². The molecule has 1 N–H and O–H groups in total. The minimum atomic E-state index is -3.59. The highest BCUT2D eigenvalue weighted by atomic mass is 32.2. The number of methoxy groups -OCH3 is 1. The highest BCUT2D eigenvalue weighted by Crippen LogP contribution is 2.07. The van der Waals surface area contributed by atoms with Gasteiger partial charge < -0.3 is 10.1 Å². The molecule has 0 radical (unpaired) electrons. The van der Waals surface area contributed by atoms with Crippen LogP contribution in [-0.4, -0.2) is 45.5 Å². The summed E-state index contributed by atoms with van der Waals surface area (Å²) >= 11 is 0. The fourth-order valence-corrected chi connectivity index (χ4v) is 2.03. The molecule has 1 unspecified atom stereocenters. The van der Waals surface area contributed by atoms with Gasteiger partial charge in [-0.2, -0.15) is 0 Å². The predicted molar refractivity (Wildman–Crippen MR) is 53.9 cm³/mol. The molecule has 0 heterocycles. The van der Waals surface area contributed by atoms with Gasteiger partial charge in [-0.05, 0) is 6.92 Å². The lowest BCUT2D eigenvalue weighted by Crippen LogP contribution is -2.33. The molecule has 0 fully saturated rings. The summed E-state index contributed by atoms with van der Waals surface area (Å²) in [5.74, 6) is -1.81. The van der Waals surface area contributed by atoms with Gasteiger partial charge in [0.15, 0.2) is 9.84 Å². The highest BCUT2D eigenvalue weighted by Gasteiger charge is 2.26. The van der Waals surface area contributed by atoms with E-state index in [4.69, 9.17) is 0 Å². The first-order valence-corrected chi connectivity index (χ1v) is 6.04. The first-order valence-electron chi connectivity index (χ1n) is 4.32. The Bertz CT molecular complexity index is 335. The number of hydrogen-bond acceptors (Lipinski definition) is 5. The van der Waals surface area contributed by atoms with E-state index in [2.05, 4.69) is 10.1 Å². The maximum Gasteiger partial charge on any atom is 0.306 e. The SMILES string of the molecule is CNC(=O)CS(=O)(=O)C(C)CC(=O)OC. The van der Waals surface area contributed by atoms with Crippen molar-refractivity contribution in [2.75, 3.05) is 19.9 Å². The molecule has 0 aliphatic heterocycles. The molecule has 0 aromatic heterocycles. The molecule has 0 saturated carbocycles. The van der Waals surface area contributed by atoms with Crippen molar-refractivity contribution in [1.82, 2.24) is 5.32 Å². The van der Waals surface area contributed by atoms with E-state index in [1.165, 1.54) is 21.1 Å². The summed E-state index contributed by atoms with van der Waals surface area (Å²) in [6, 6.07) is 0. The number of rotatable bonds is 5. The smallest absolute Gasteiger partial charge is 0.306 e. The molecule has 0 aromatic rings. The third kappa shape index (κ3) is 4.78. The Morgan fingerprint density at radius 3 is 2.33 bits per heavy atom. The monoisotopic (exact) mass is 237 g/mol. The molecule has 0 saturated heterocycles. The number of sulfone groups is 1. The molecule has 0 aliphatic carbocycles. The molecule has 1 amide bonds. The van der Waals surface area contributed by atoms with Crippen molar-refractivity contribution in [2.24, 2.45) is 0 Å². The Hall–Kier alpha value is -1.11. The number of ether oxygens (including phenoxy) is 1. The zero-order valence-electron chi connectivity index (χ0n) is 8.94. The van der Waals surface area contributed by atoms with E-state index in [1.807, 2.05) is 0 Å². The standard InChI is InChI=1S/C8H15NO5S/c1-6(4-8(11)14-3)15(12,13)5-7(10)9-2/h6H,4-5H2,1-3H3,(H,9,10). The molecule has 15 heavy (non-hydrogen) atoms. The average Bonchev–Trinajstić information content (AvgIpc) is 2.16. The second-order valence-electron chi connectivity index (χ2n) is 3.07. The van der Waals surface area contributed by atoms with E-state index in [9.17, 15) is 18.0 Å². The topological polar surface area (TPSA) is 89.5 Å². The lowest BCUT2D eigenvalue weighted by Gasteiger charge is -2.10. The second-order valence-corrected chi connectivity index (χ2v) is 5.49. The van der Waals surface area contributed by atoms with E-state index in [1.54, 1.807) is 0 Å². The molecule has 1 atom stereocenters.